The predicted molar refractivity (Wildman–Crippen MR) is 138 cm³/mol. The minimum absolute atomic E-state index is 0.0665. The Hall–Kier alpha value is -4.44. The number of benzene rings is 3. The van der Waals surface area contributed by atoms with Crippen LogP contribution in [0.3, 0.4) is 0 Å². The second-order valence-corrected chi connectivity index (χ2v) is 9.93. The van der Waals surface area contributed by atoms with E-state index in [1.165, 1.54) is 37.6 Å². The van der Waals surface area contributed by atoms with Crippen LogP contribution in [0.25, 0.3) is 33.2 Å². The van der Waals surface area contributed by atoms with Crippen LogP contribution in [0, 0.1) is 12.7 Å². The van der Waals surface area contributed by atoms with Gasteiger partial charge in [-0.25, -0.2) is 12.8 Å². The number of ether oxygens (including phenoxy) is 2. The highest BCUT2D eigenvalue weighted by molar-refractivity contribution is 7.92. The van der Waals surface area contributed by atoms with Crippen LogP contribution in [0.5, 0.6) is 11.5 Å². The number of methoxy groups -OCH3 is 2. The Labute approximate surface area is 212 Å². The molecule has 0 saturated heterocycles. The largest absolute Gasteiger partial charge is 0.496 e. The number of aromatic nitrogens is 2. The third kappa shape index (κ3) is 4.58. The van der Waals surface area contributed by atoms with Crippen LogP contribution in [0.15, 0.2) is 82.5 Å². The van der Waals surface area contributed by atoms with E-state index in [9.17, 15) is 12.8 Å². The molecule has 0 aliphatic heterocycles. The fourth-order valence-corrected chi connectivity index (χ4v) is 5.25. The Balaban J connectivity index is 1.61. The van der Waals surface area contributed by atoms with E-state index in [-0.39, 0.29) is 16.5 Å². The number of pyridine rings is 1. The first-order valence-electron chi connectivity index (χ1n) is 11.2. The third-order valence-corrected chi connectivity index (χ3v) is 7.33. The maximum Gasteiger partial charge on any atom is 0.263 e. The molecule has 0 unspecified atom stereocenters. The van der Waals surface area contributed by atoms with Crippen LogP contribution in [-0.2, 0) is 10.0 Å². The molecule has 188 valence electrons. The van der Waals surface area contributed by atoms with Crippen LogP contribution in [0.2, 0.25) is 0 Å². The molecule has 0 amide bonds. The highest BCUT2D eigenvalue weighted by Crippen LogP contribution is 2.41. The van der Waals surface area contributed by atoms with E-state index in [1.807, 2.05) is 19.1 Å². The van der Waals surface area contributed by atoms with E-state index in [0.717, 1.165) is 16.5 Å². The van der Waals surface area contributed by atoms with Crippen molar-refractivity contribution >= 4 is 26.6 Å². The highest BCUT2D eigenvalue weighted by Gasteiger charge is 2.20. The van der Waals surface area contributed by atoms with Gasteiger partial charge in [0.05, 0.1) is 24.8 Å². The van der Waals surface area contributed by atoms with Gasteiger partial charge in [-0.1, -0.05) is 11.2 Å². The molecule has 3 aromatic carbocycles. The van der Waals surface area contributed by atoms with Gasteiger partial charge in [0.25, 0.3) is 10.0 Å². The molecule has 0 spiro atoms. The molecular weight excluding hydrogens is 497 g/mol. The second-order valence-electron chi connectivity index (χ2n) is 8.24. The topological polar surface area (TPSA) is 104 Å². The lowest BCUT2D eigenvalue weighted by Crippen LogP contribution is -2.13. The lowest BCUT2D eigenvalue weighted by atomic mass is 9.94. The van der Waals surface area contributed by atoms with Crippen molar-refractivity contribution in [3.05, 3.63) is 84.5 Å². The van der Waals surface area contributed by atoms with Gasteiger partial charge in [0.2, 0.25) is 0 Å². The molecule has 2 aromatic heterocycles. The molecule has 0 saturated carbocycles. The summed E-state index contributed by atoms with van der Waals surface area (Å²) in [5.41, 5.74) is 3.54. The van der Waals surface area contributed by atoms with Crippen LogP contribution < -0.4 is 14.2 Å². The van der Waals surface area contributed by atoms with Gasteiger partial charge in [-0.15, -0.1) is 0 Å². The van der Waals surface area contributed by atoms with Crippen molar-refractivity contribution < 1.29 is 26.8 Å². The molecule has 0 aliphatic rings. The first-order valence-corrected chi connectivity index (χ1v) is 12.6. The minimum atomic E-state index is -3.88. The van der Waals surface area contributed by atoms with Gasteiger partial charge >= 0.3 is 0 Å². The average molecular weight is 520 g/mol. The van der Waals surface area contributed by atoms with Gasteiger partial charge in [-0.2, -0.15) is 0 Å². The average Bonchev–Trinajstić information content (AvgIpc) is 3.40. The summed E-state index contributed by atoms with van der Waals surface area (Å²) < 4.78 is 58.0. The van der Waals surface area contributed by atoms with E-state index in [1.54, 1.807) is 37.6 Å². The molecule has 37 heavy (non-hydrogen) atoms. The Bertz CT molecular complexity index is 1720. The van der Waals surface area contributed by atoms with Crippen molar-refractivity contribution in [1.82, 2.24) is 10.1 Å². The van der Waals surface area contributed by atoms with Crippen molar-refractivity contribution in [2.45, 2.75) is 11.8 Å². The number of sulfonamides is 1. The fraction of sp³-hybridized carbons (Fsp3) is 0.111. The number of hydrogen-bond donors (Lipinski definition) is 1. The molecule has 10 heteroatoms. The highest BCUT2D eigenvalue weighted by atomic mass is 32.2. The Kier molecular flexibility index (Phi) is 6.26. The smallest absolute Gasteiger partial charge is 0.263 e. The molecule has 8 nitrogen and oxygen atoms in total. The molecule has 0 radical (unpaired) electrons. The summed E-state index contributed by atoms with van der Waals surface area (Å²) in [6, 6.07) is 16.0. The van der Waals surface area contributed by atoms with Gasteiger partial charge in [0.15, 0.2) is 5.82 Å². The molecule has 0 fully saturated rings. The SMILES string of the molecule is COc1ccc(F)cc1-c1cc(OC)c(-c2nccc3cc(S(=O)(=O)Nc4ccon4)ccc23)cc1C. The number of aryl methyl sites for hydroxylation is 1. The van der Waals surface area contributed by atoms with E-state index < -0.39 is 10.0 Å². The van der Waals surface area contributed by atoms with E-state index >= 15 is 0 Å². The number of anilines is 1. The molecule has 0 bridgehead atoms. The lowest BCUT2D eigenvalue weighted by Gasteiger charge is -2.17. The summed E-state index contributed by atoms with van der Waals surface area (Å²) in [5, 5.41) is 5.00. The van der Waals surface area contributed by atoms with Gasteiger partial charge in [0, 0.05) is 28.8 Å². The summed E-state index contributed by atoms with van der Waals surface area (Å²) in [7, 11) is -0.795. The van der Waals surface area contributed by atoms with Gasteiger partial charge in [0.1, 0.15) is 23.6 Å². The molecule has 0 atom stereocenters. The van der Waals surface area contributed by atoms with Crippen molar-refractivity contribution in [3.63, 3.8) is 0 Å². The van der Waals surface area contributed by atoms with Gasteiger partial charge in [-0.05, 0) is 72.0 Å². The maximum absolute atomic E-state index is 14.1. The standard InChI is InChI=1S/C27H22FN3O5S/c1-16-12-23(25(35-3)15-21(16)22-14-18(28)4-7-24(22)34-2)27-20-6-5-19(13-17(20)8-10-29-27)37(32,33)31-26-9-11-36-30-26/h4-15H,1-3H3,(H,30,31). The molecule has 5 aromatic rings. The first kappa shape index (κ1) is 24.3. The quantitative estimate of drug-likeness (QED) is 0.289. The van der Waals surface area contributed by atoms with Crippen LogP contribution >= 0.6 is 0 Å². The van der Waals surface area contributed by atoms with Crippen LogP contribution in [-0.4, -0.2) is 32.8 Å². The zero-order chi connectivity index (χ0) is 26.2. The summed E-state index contributed by atoms with van der Waals surface area (Å²) >= 11 is 0. The number of rotatable bonds is 7. The zero-order valence-electron chi connectivity index (χ0n) is 20.2. The van der Waals surface area contributed by atoms with Crippen molar-refractivity contribution in [2.75, 3.05) is 18.9 Å². The fourth-order valence-electron chi connectivity index (χ4n) is 4.22. The molecule has 5 rings (SSSR count). The normalized spacial score (nSPS) is 11.5. The van der Waals surface area contributed by atoms with Crippen molar-refractivity contribution in [2.24, 2.45) is 0 Å². The van der Waals surface area contributed by atoms with E-state index in [2.05, 4.69) is 14.9 Å². The van der Waals surface area contributed by atoms with Crippen molar-refractivity contribution in [1.29, 1.82) is 0 Å². The van der Waals surface area contributed by atoms with Crippen LogP contribution in [0.4, 0.5) is 10.2 Å². The summed E-state index contributed by atoms with van der Waals surface area (Å²) in [5.74, 6) is 0.773. The Morgan fingerprint density at radius 3 is 2.43 bits per heavy atom. The monoisotopic (exact) mass is 519 g/mol. The molecule has 1 N–H and O–H groups in total. The predicted octanol–water partition coefficient (Wildman–Crippen LogP) is 5.82. The second kappa shape index (κ2) is 9.55. The van der Waals surface area contributed by atoms with Gasteiger partial charge < -0.3 is 14.0 Å². The molecular formula is C27H22FN3O5S. The van der Waals surface area contributed by atoms with Crippen LogP contribution in [0.1, 0.15) is 5.56 Å². The summed E-state index contributed by atoms with van der Waals surface area (Å²) in [6.45, 7) is 1.91. The first-order chi connectivity index (χ1) is 17.8. The lowest BCUT2D eigenvalue weighted by molar-refractivity contribution is 0.414. The Morgan fingerprint density at radius 1 is 0.892 bits per heavy atom. The van der Waals surface area contributed by atoms with E-state index in [4.69, 9.17) is 14.0 Å². The number of halogens is 1. The summed E-state index contributed by atoms with van der Waals surface area (Å²) in [4.78, 5) is 4.64. The Morgan fingerprint density at radius 2 is 1.70 bits per heavy atom. The van der Waals surface area contributed by atoms with Crippen molar-refractivity contribution in [3.8, 4) is 33.9 Å². The molecule has 0 aliphatic carbocycles. The molecule has 2 heterocycles. The minimum Gasteiger partial charge on any atom is -0.496 e. The number of fused-ring (bicyclic) bond motifs is 1. The van der Waals surface area contributed by atoms with Gasteiger partial charge in [-0.3, -0.25) is 9.71 Å². The number of nitrogens with zero attached hydrogens (tertiary/aromatic N) is 2. The third-order valence-electron chi connectivity index (χ3n) is 5.98. The maximum atomic E-state index is 14.1. The van der Waals surface area contributed by atoms with E-state index in [0.29, 0.717) is 33.7 Å². The summed E-state index contributed by atoms with van der Waals surface area (Å²) in [6.07, 6.45) is 2.89. The zero-order valence-corrected chi connectivity index (χ0v) is 21.0. The number of hydrogen-bond acceptors (Lipinski definition) is 7. The number of nitrogens with one attached hydrogen (secondary N) is 1.